The lowest BCUT2D eigenvalue weighted by Crippen LogP contribution is -2.56. The third kappa shape index (κ3) is 9.79. The molecule has 254 valence electrons. The molecule has 0 aromatic heterocycles. The zero-order valence-electron chi connectivity index (χ0n) is 26.7. The van der Waals surface area contributed by atoms with Gasteiger partial charge in [-0.3, -0.25) is 0 Å². The van der Waals surface area contributed by atoms with E-state index in [1.165, 1.54) is 38.4 Å². The monoisotopic (exact) mass is 662 g/mol. The third-order valence-corrected chi connectivity index (χ3v) is 9.94. The zero-order chi connectivity index (χ0) is 33.3. The van der Waals surface area contributed by atoms with Crippen LogP contribution < -0.4 is 25.4 Å². The van der Waals surface area contributed by atoms with Crippen molar-refractivity contribution in [2.75, 3.05) is 33.9 Å². The van der Waals surface area contributed by atoms with Crippen LogP contribution in [0.2, 0.25) is 0 Å². The summed E-state index contributed by atoms with van der Waals surface area (Å²) in [6, 6.07) is 12.9. The highest BCUT2D eigenvalue weighted by Crippen LogP contribution is 2.33. The number of urea groups is 1. The van der Waals surface area contributed by atoms with Crippen molar-refractivity contribution in [1.82, 2.24) is 20.7 Å². The first kappa shape index (κ1) is 35.4. The molecule has 0 radical (unpaired) electrons. The molecular formula is C32H46N4O9S. The fourth-order valence-electron chi connectivity index (χ4n) is 5.83. The van der Waals surface area contributed by atoms with Crippen molar-refractivity contribution in [3.05, 3.63) is 60.2 Å². The highest BCUT2D eigenvalue weighted by molar-refractivity contribution is 7.89. The number of methoxy groups -OCH3 is 1. The topological polar surface area (TPSA) is 174 Å². The molecule has 0 saturated carbocycles. The van der Waals surface area contributed by atoms with E-state index in [1.807, 2.05) is 44.2 Å². The number of amides is 3. The number of aliphatic hydroxyl groups is 1. The van der Waals surface area contributed by atoms with Gasteiger partial charge >= 0.3 is 12.1 Å². The van der Waals surface area contributed by atoms with Crippen LogP contribution in [0.25, 0.3) is 0 Å². The van der Waals surface area contributed by atoms with Crippen molar-refractivity contribution in [1.29, 1.82) is 0 Å². The van der Waals surface area contributed by atoms with E-state index in [0.29, 0.717) is 31.7 Å². The molecule has 5 N–H and O–H groups in total. The Kier molecular flexibility index (Phi) is 12.3. The van der Waals surface area contributed by atoms with E-state index in [9.17, 15) is 23.1 Å². The fourth-order valence-corrected chi connectivity index (χ4v) is 7.08. The largest absolute Gasteiger partial charge is 0.497 e. The number of sulfonamides is 1. The Morgan fingerprint density at radius 2 is 1.78 bits per heavy atom. The quantitative estimate of drug-likeness (QED) is 0.192. The smallest absolute Gasteiger partial charge is 0.407 e. The molecule has 2 aliphatic rings. The molecule has 46 heavy (non-hydrogen) atoms. The number of aliphatic hydroxyl groups excluding tert-OH is 1. The maximum atomic E-state index is 13.6. The van der Waals surface area contributed by atoms with Crippen LogP contribution in [0.1, 0.15) is 38.7 Å². The van der Waals surface area contributed by atoms with E-state index in [1.54, 1.807) is 0 Å². The van der Waals surface area contributed by atoms with Crippen molar-refractivity contribution in [2.24, 2.45) is 11.3 Å². The van der Waals surface area contributed by atoms with Crippen LogP contribution >= 0.6 is 0 Å². The van der Waals surface area contributed by atoms with E-state index in [-0.39, 0.29) is 36.3 Å². The van der Waals surface area contributed by atoms with Crippen LogP contribution in [-0.2, 0) is 30.7 Å². The number of hydrogen-bond acceptors (Lipinski definition) is 9. The van der Waals surface area contributed by atoms with Crippen molar-refractivity contribution >= 4 is 22.1 Å². The van der Waals surface area contributed by atoms with Gasteiger partial charge in [0.25, 0.3) is 0 Å². The number of nitrogens with one attached hydrogen (secondary N) is 4. The summed E-state index contributed by atoms with van der Waals surface area (Å²) >= 11 is 0. The number of hydrogen-bond donors (Lipinski definition) is 5. The number of carbonyl (C=O) groups is 2. The van der Waals surface area contributed by atoms with Crippen molar-refractivity contribution in [3.8, 4) is 5.75 Å². The Morgan fingerprint density at radius 1 is 1.07 bits per heavy atom. The molecule has 3 amide bonds. The molecule has 2 heterocycles. The van der Waals surface area contributed by atoms with Gasteiger partial charge in [-0.25, -0.2) is 22.7 Å². The summed E-state index contributed by atoms with van der Waals surface area (Å²) < 4.78 is 52.1. The number of alkyl carbamates (subject to hydrolysis) is 1. The Hall–Kier alpha value is -3.43. The molecule has 0 spiro atoms. The molecule has 0 bridgehead atoms. The van der Waals surface area contributed by atoms with Crippen LogP contribution in [0.15, 0.2) is 59.5 Å². The molecule has 2 fully saturated rings. The minimum Gasteiger partial charge on any atom is -0.497 e. The average molecular weight is 663 g/mol. The molecule has 2 aromatic rings. The molecule has 2 aromatic carbocycles. The lowest BCUT2D eigenvalue weighted by molar-refractivity contribution is -0.0907. The van der Waals surface area contributed by atoms with Gasteiger partial charge in [-0.05, 0) is 60.9 Å². The van der Waals surface area contributed by atoms with Crippen LogP contribution in [0.5, 0.6) is 5.75 Å². The van der Waals surface area contributed by atoms with Gasteiger partial charge in [0, 0.05) is 13.6 Å². The molecule has 4 rings (SSSR count). The summed E-state index contributed by atoms with van der Waals surface area (Å²) in [7, 11) is -1.12. The normalized spacial score (nSPS) is 21.5. The summed E-state index contributed by atoms with van der Waals surface area (Å²) in [4.78, 5) is 25.0. The SMILES string of the molecule is CNC(=O)NCCC(C)(C)CC(NS(=O)(=O)c1ccc(OC)cc1)[C@H](O)[C@H](Cc1ccccc1)NC(=O)O[C@@H]1CO[C@@H]2OCC[C@@H]21. The summed E-state index contributed by atoms with van der Waals surface area (Å²) in [5.74, 6) is 0.422. The van der Waals surface area contributed by atoms with Crippen molar-refractivity contribution in [2.45, 2.75) is 75.0 Å². The van der Waals surface area contributed by atoms with E-state index >= 15 is 0 Å². The van der Waals surface area contributed by atoms with Gasteiger partial charge in [0.1, 0.15) is 11.9 Å². The molecule has 2 aliphatic heterocycles. The van der Waals surface area contributed by atoms with Gasteiger partial charge in [-0.15, -0.1) is 0 Å². The van der Waals surface area contributed by atoms with E-state index < -0.39 is 52.1 Å². The van der Waals surface area contributed by atoms with E-state index in [4.69, 9.17) is 18.9 Å². The predicted octanol–water partition coefficient (Wildman–Crippen LogP) is 2.54. The Labute approximate surface area is 270 Å². The number of fused-ring (bicyclic) bond motifs is 1. The highest BCUT2D eigenvalue weighted by atomic mass is 32.2. The van der Waals surface area contributed by atoms with Gasteiger partial charge in [0.05, 0.1) is 49.3 Å². The summed E-state index contributed by atoms with van der Waals surface area (Å²) in [6.45, 7) is 4.91. The van der Waals surface area contributed by atoms with E-state index in [0.717, 1.165) is 5.56 Å². The number of benzene rings is 2. The van der Waals surface area contributed by atoms with Gasteiger partial charge in [0.15, 0.2) is 6.29 Å². The molecule has 0 aliphatic carbocycles. The first-order valence-electron chi connectivity index (χ1n) is 15.4. The van der Waals surface area contributed by atoms with Crippen LogP contribution in [0.3, 0.4) is 0 Å². The third-order valence-electron chi connectivity index (χ3n) is 8.43. The standard InChI is InChI=1S/C32H46N4O9S/c1-32(2,15-16-34-30(38)33-3)19-26(36-46(40,41)23-12-10-22(42-4)11-13-23)28(37)25(18-21-8-6-5-7-9-21)35-31(39)45-27-20-44-29-24(27)14-17-43-29/h5-13,24-29,36-37H,14-20H2,1-4H3,(H,35,39)(H2,33,34,38)/t24-,25+,26?,27-,28-,29+/m1/s1. The van der Waals surface area contributed by atoms with Crippen LogP contribution in [0.4, 0.5) is 9.59 Å². The lowest BCUT2D eigenvalue weighted by Gasteiger charge is -2.36. The van der Waals surface area contributed by atoms with Gasteiger partial charge in [0.2, 0.25) is 10.0 Å². The van der Waals surface area contributed by atoms with Crippen molar-refractivity contribution in [3.63, 3.8) is 0 Å². The number of ether oxygens (including phenoxy) is 4. The molecule has 2 saturated heterocycles. The molecular weight excluding hydrogens is 616 g/mol. The summed E-state index contributed by atoms with van der Waals surface area (Å²) in [6.07, 6.45) is -1.46. The Balaban J connectivity index is 1.58. The minimum atomic E-state index is -4.12. The summed E-state index contributed by atoms with van der Waals surface area (Å²) in [5.41, 5.74) is 0.275. The Morgan fingerprint density at radius 3 is 2.46 bits per heavy atom. The number of carbonyl (C=O) groups excluding carboxylic acids is 2. The van der Waals surface area contributed by atoms with Crippen LogP contribution in [-0.4, -0.2) is 90.1 Å². The molecule has 13 nitrogen and oxygen atoms in total. The fraction of sp³-hybridized carbons (Fsp3) is 0.562. The average Bonchev–Trinajstić information content (AvgIpc) is 3.65. The van der Waals surface area contributed by atoms with E-state index in [2.05, 4.69) is 20.7 Å². The summed E-state index contributed by atoms with van der Waals surface area (Å²) in [5, 5.41) is 20.0. The minimum absolute atomic E-state index is 0.00821. The molecule has 1 unspecified atom stereocenters. The zero-order valence-corrected chi connectivity index (χ0v) is 27.5. The predicted molar refractivity (Wildman–Crippen MR) is 170 cm³/mol. The Bertz CT molecular complexity index is 1390. The van der Waals surface area contributed by atoms with Crippen LogP contribution in [0, 0.1) is 11.3 Å². The van der Waals surface area contributed by atoms with Crippen molar-refractivity contribution < 1.29 is 42.1 Å². The lowest BCUT2D eigenvalue weighted by atomic mass is 9.80. The second-order valence-corrected chi connectivity index (χ2v) is 14.1. The van der Waals surface area contributed by atoms with Gasteiger partial charge in [-0.1, -0.05) is 44.2 Å². The van der Waals surface area contributed by atoms with Gasteiger partial charge in [-0.2, -0.15) is 0 Å². The molecule has 6 atom stereocenters. The number of rotatable bonds is 15. The highest BCUT2D eigenvalue weighted by Gasteiger charge is 2.44. The first-order chi connectivity index (χ1) is 21.9. The maximum Gasteiger partial charge on any atom is 0.407 e. The second-order valence-electron chi connectivity index (χ2n) is 12.4. The first-order valence-corrected chi connectivity index (χ1v) is 16.9. The molecule has 14 heteroatoms. The van der Waals surface area contributed by atoms with Gasteiger partial charge < -0.3 is 40.0 Å². The second kappa shape index (κ2) is 15.9. The maximum absolute atomic E-state index is 13.6.